The van der Waals surface area contributed by atoms with Gasteiger partial charge in [-0.1, -0.05) is 0 Å². The van der Waals surface area contributed by atoms with Gasteiger partial charge in [0.2, 0.25) is 10.0 Å². The predicted octanol–water partition coefficient (Wildman–Crippen LogP) is 1.06. The number of sulfonamides is 1. The first kappa shape index (κ1) is 14.9. The first-order valence-corrected chi connectivity index (χ1v) is 6.92. The summed E-state index contributed by atoms with van der Waals surface area (Å²) in [7, 11) is -2.46. The van der Waals surface area contributed by atoms with Gasteiger partial charge in [-0.15, -0.1) is 0 Å². The third-order valence-electron chi connectivity index (χ3n) is 2.40. The van der Waals surface area contributed by atoms with Gasteiger partial charge in [0.1, 0.15) is 10.7 Å². The maximum Gasteiger partial charge on any atom is 0.245 e. The number of nitrogens with two attached hydrogens (primary N) is 1. The second-order valence-corrected chi connectivity index (χ2v) is 5.73. The largest absolute Gasteiger partial charge is 0.399 e. The van der Waals surface area contributed by atoms with Crippen molar-refractivity contribution >= 4 is 15.7 Å². The second kappa shape index (κ2) is 6.12. The highest BCUT2D eigenvalue weighted by Crippen LogP contribution is 2.20. The van der Waals surface area contributed by atoms with Crippen molar-refractivity contribution < 1.29 is 17.5 Å². The summed E-state index contributed by atoms with van der Waals surface area (Å²) in [6.45, 7) is 2.75. The molecule has 0 bridgehead atoms. The molecule has 0 aliphatic heterocycles. The second-order valence-electron chi connectivity index (χ2n) is 3.71. The lowest BCUT2D eigenvalue weighted by molar-refractivity contribution is 0.138. The Balaban J connectivity index is 2.91. The summed E-state index contributed by atoms with van der Waals surface area (Å²) in [4.78, 5) is -0.379. The van der Waals surface area contributed by atoms with E-state index in [1.165, 1.54) is 13.1 Å². The highest BCUT2D eigenvalue weighted by Gasteiger charge is 2.24. The highest BCUT2D eigenvalue weighted by molar-refractivity contribution is 7.89. The molecule has 102 valence electrons. The van der Waals surface area contributed by atoms with Crippen molar-refractivity contribution in [3.63, 3.8) is 0 Å². The summed E-state index contributed by atoms with van der Waals surface area (Å²) in [5.41, 5.74) is 5.56. The molecule has 2 N–H and O–H groups in total. The molecular weight excluding hydrogens is 259 g/mol. The number of rotatable bonds is 6. The minimum absolute atomic E-state index is 0.167. The predicted molar refractivity (Wildman–Crippen MR) is 67.1 cm³/mol. The molecule has 0 unspecified atom stereocenters. The number of anilines is 1. The van der Waals surface area contributed by atoms with Crippen LogP contribution in [0.1, 0.15) is 6.92 Å². The zero-order valence-electron chi connectivity index (χ0n) is 10.4. The summed E-state index contributed by atoms with van der Waals surface area (Å²) < 4.78 is 43.8. The Bertz CT molecular complexity index is 505. The molecule has 0 aromatic heterocycles. The molecule has 0 saturated carbocycles. The van der Waals surface area contributed by atoms with Crippen molar-refractivity contribution in [2.24, 2.45) is 0 Å². The van der Waals surface area contributed by atoms with Crippen molar-refractivity contribution in [3.05, 3.63) is 24.0 Å². The van der Waals surface area contributed by atoms with Crippen molar-refractivity contribution in [2.75, 3.05) is 32.5 Å². The van der Waals surface area contributed by atoms with Crippen molar-refractivity contribution in [2.45, 2.75) is 11.8 Å². The van der Waals surface area contributed by atoms with Gasteiger partial charge in [0.15, 0.2) is 0 Å². The summed E-state index contributed by atoms with van der Waals surface area (Å²) in [6.07, 6.45) is 0. The summed E-state index contributed by atoms with van der Waals surface area (Å²) in [6, 6.07) is 3.51. The molecule has 0 saturated heterocycles. The van der Waals surface area contributed by atoms with Gasteiger partial charge < -0.3 is 10.5 Å². The van der Waals surface area contributed by atoms with Crippen LogP contribution in [-0.2, 0) is 14.8 Å². The maximum atomic E-state index is 13.6. The number of benzene rings is 1. The fraction of sp³-hybridized carbons (Fsp3) is 0.455. The van der Waals surface area contributed by atoms with E-state index in [1.54, 1.807) is 0 Å². The van der Waals surface area contributed by atoms with E-state index in [1.807, 2.05) is 6.92 Å². The Morgan fingerprint density at radius 3 is 2.67 bits per heavy atom. The van der Waals surface area contributed by atoms with Gasteiger partial charge in [-0.3, -0.25) is 0 Å². The van der Waals surface area contributed by atoms with Gasteiger partial charge in [-0.05, 0) is 25.1 Å². The molecule has 1 rings (SSSR count). The number of likely N-dealkylation sites (N-methyl/N-ethyl adjacent to an activating group) is 1. The molecular formula is C11H17FN2O3S. The molecule has 0 atom stereocenters. The molecule has 0 spiro atoms. The van der Waals surface area contributed by atoms with Gasteiger partial charge in [-0.2, -0.15) is 4.31 Å². The van der Waals surface area contributed by atoms with Crippen LogP contribution in [0.25, 0.3) is 0 Å². The van der Waals surface area contributed by atoms with E-state index in [2.05, 4.69) is 0 Å². The van der Waals surface area contributed by atoms with Gasteiger partial charge in [-0.25, -0.2) is 12.8 Å². The minimum Gasteiger partial charge on any atom is -0.399 e. The number of nitrogens with zero attached hydrogens (tertiary/aromatic N) is 1. The van der Waals surface area contributed by atoms with E-state index >= 15 is 0 Å². The van der Waals surface area contributed by atoms with Crippen LogP contribution in [-0.4, -0.2) is 39.5 Å². The van der Waals surface area contributed by atoms with Crippen molar-refractivity contribution in [1.82, 2.24) is 4.31 Å². The van der Waals surface area contributed by atoms with E-state index in [0.717, 1.165) is 16.4 Å². The SMILES string of the molecule is CCOCCN(C)S(=O)(=O)c1ccc(N)cc1F. The smallest absolute Gasteiger partial charge is 0.245 e. The zero-order chi connectivity index (χ0) is 13.8. The van der Waals surface area contributed by atoms with Gasteiger partial charge in [0, 0.05) is 25.9 Å². The average Bonchev–Trinajstić information content (AvgIpc) is 2.28. The Morgan fingerprint density at radius 1 is 1.44 bits per heavy atom. The average molecular weight is 276 g/mol. The fourth-order valence-electron chi connectivity index (χ4n) is 1.35. The Kier molecular flexibility index (Phi) is 5.06. The van der Waals surface area contributed by atoms with Gasteiger partial charge in [0.05, 0.1) is 6.61 Å². The fourth-order valence-corrected chi connectivity index (χ4v) is 2.55. The zero-order valence-corrected chi connectivity index (χ0v) is 11.2. The van der Waals surface area contributed by atoms with E-state index in [0.29, 0.717) is 6.61 Å². The van der Waals surface area contributed by atoms with Crippen molar-refractivity contribution in [3.8, 4) is 0 Å². The van der Waals surface area contributed by atoms with Crippen LogP contribution >= 0.6 is 0 Å². The van der Waals surface area contributed by atoms with Crippen LogP contribution in [0.5, 0.6) is 0 Å². The van der Waals surface area contributed by atoms with E-state index in [9.17, 15) is 12.8 Å². The highest BCUT2D eigenvalue weighted by atomic mass is 32.2. The van der Waals surface area contributed by atoms with Crippen LogP contribution in [0.2, 0.25) is 0 Å². The van der Waals surface area contributed by atoms with Crippen LogP contribution < -0.4 is 5.73 Å². The standard InChI is InChI=1S/C11H17FN2O3S/c1-3-17-7-6-14(2)18(15,16)11-5-4-9(13)8-10(11)12/h4-5,8H,3,6-7,13H2,1-2H3. The van der Waals surface area contributed by atoms with E-state index in [4.69, 9.17) is 10.5 Å². The lowest BCUT2D eigenvalue weighted by Gasteiger charge is -2.17. The monoisotopic (exact) mass is 276 g/mol. The molecule has 5 nitrogen and oxygen atoms in total. The molecule has 18 heavy (non-hydrogen) atoms. The summed E-state index contributed by atoms with van der Waals surface area (Å²) in [5, 5.41) is 0. The third kappa shape index (κ3) is 3.41. The lowest BCUT2D eigenvalue weighted by atomic mass is 10.3. The third-order valence-corrected chi connectivity index (χ3v) is 4.29. The van der Waals surface area contributed by atoms with Gasteiger partial charge >= 0.3 is 0 Å². The molecule has 7 heteroatoms. The normalized spacial score (nSPS) is 12.0. The Labute approximate surface area is 106 Å². The first-order chi connectivity index (χ1) is 8.39. The summed E-state index contributed by atoms with van der Waals surface area (Å²) >= 11 is 0. The van der Waals surface area contributed by atoms with Gasteiger partial charge in [0.25, 0.3) is 0 Å². The topological polar surface area (TPSA) is 72.6 Å². The molecule has 0 amide bonds. The molecule has 0 fully saturated rings. The van der Waals surface area contributed by atoms with E-state index in [-0.39, 0.29) is 23.7 Å². The van der Waals surface area contributed by atoms with Crippen LogP contribution in [0.4, 0.5) is 10.1 Å². The molecule has 0 heterocycles. The maximum absolute atomic E-state index is 13.6. The van der Waals surface area contributed by atoms with E-state index < -0.39 is 15.8 Å². The number of hydrogen-bond acceptors (Lipinski definition) is 4. The van der Waals surface area contributed by atoms with Crippen LogP contribution in [0.15, 0.2) is 23.1 Å². The molecule has 0 radical (unpaired) electrons. The number of hydrogen-bond donors (Lipinski definition) is 1. The minimum atomic E-state index is -3.84. The summed E-state index contributed by atoms with van der Waals surface area (Å²) in [5.74, 6) is -0.849. The molecule has 1 aromatic rings. The van der Waals surface area contributed by atoms with Crippen LogP contribution in [0.3, 0.4) is 0 Å². The quantitative estimate of drug-likeness (QED) is 0.623. The number of halogens is 1. The molecule has 0 aliphatic rings. The first-order valence-electron chi connectivity index (χ1n) is 5.48. The molecule has 1 aromatic carbocycles. The Morgan fingerprint density at radius 2 is 2.11 bits per heavy atom. The van der Waals surface area contributed by atoms with Crippen molar-refractivity contribution in [1.29, 1.82) is 0 Å². The number of ether oxygens (including phenoxy) is 1. The Hall–Kier alpha value is -1.18. The van der Waals surface area contributed by atoms with Crippen LogP contribution in [0, 0.1) is 5.82 Å². The number of nitrogen functional groups attached to an aromatic ring is 1. The lowest BCUT2D eigenvalue weighted by Crippen LogP contribution is -2.31. The molecule has 0 aliphatic carbocycles.